The topological polar surface area (TPSA) is 43.7 Å². The summed E-state index contributed by atoms with van der Waals surface area (Å²) in [6.45, 7) is 10.3. The van der Waals surface area contributed by atoms with Crippen molar-refractivity contribution in [3.8, 4) is 17.2 Å². The minimum atomic E-state index is -0.0451. The number of hydrogen-bond acceptors (Lipinski definition) is 3. The standard InChI is InChI=1S/C20H24N2O3/c1-13-11-16(19(23)21-8-7-20(21,3)4)14(2)22(13)15-5-6-17-18(12-15)25-10-9-24-17/h5-6,11-12H,7-10H2,1-4H3. The Labute approximate surface area is 148 Å². The summed E-state index contributed by atoms with van der Waals surface area (Å²) in [6.07, 6.45) is 1.06. The van der Waals surface area contributed by atoms with E-state index in [0.717, 1.165) is 47.1 Å². The van der Waals surface area contributed by atoms with E-state index >= 15 is 0 Å². The monoisotopic (exact) mass is 340 g/mol. The van der Waals surface area contributed by atoms with Gasteiger partial charge in [0, 0.05) is 35.2 Å². The lowest BCUT2D eigenvalue weighted by Crippen LogP contribution is -2.58. The third kappa shape index (κ3) is 2.49. The van der Waals surface area contributed by atoms with E-state index in [9.17, 15) is 4.79 Å². The summed E-state index contributed by atoms with van der Waals surface area (Å²) in [5, 5.41) is 0. The van der Waals surface area contributed by atoms with Crippen LogP contribution in [0.4, 0.5) is 0 Å². The van der Waals surface area contributed by atoms with Gasteiger partial charge in [-0.25, -0.2) is 0 Å². The molecule has 0 aliphatic carbocycles. The molecule has 1 fully saturated rings. The van der Waals surface area contributed by atoms with E-state index < -0.39 is 0 Å². The zero-order chi connectivity index (χ0) is 17.8. The highest BCUT2D eigenvalue weighted by atomic mass is 16.6. The van der Waals surface area contributed by atoms with Crippen LogP contribution in [-0.2, 0) is 0 Å². The van der Waals surface area contributed by atoms with Crippen LogP contribution < -0.4 is 9.47 Å². The Morgan fingerprint density at radius 1 is 1.08 bits per heavy atom. The molecule has 0 saturated carbocycles. The Balaban J connectivity index is 1.72. The smallest absolute Gasteiger partial charge is 0.256 e. The normalized spacial score (nSPS) is 18.0. The molecule has 5 nitrogen and oxygen atoms in total. The molecule has 0 N–H and O–H groups in total. The first-order valence-electron chi connectivity index (χ1n) is 8.79. The fourth-order valence-electron chi connectivity index (χ4n) is 3.74. The Morgan fingerprint density at radius 3 is 2.44 bits per heavy atom. The number of nitrogens with zero attached hydrogens (tertiary/aromatic N) is 2. The lowest BCUT2D eigenvalue weighted by molar-refractivity contribution is 0.0157. The van der Waals surface area contributed by atoms with Crippen LogP contribution in [0.1, 0.15) is 42.0 Å². The number of hydrogen-bond donors (Lipinski definition) is 0. The number of carbonyl (C=O) groups is 1. The predicted molar refractivity (Wildman–Crippen MR) is 96.0 cm³/mol. The molecule has 2 aromatic rings. The summed E-state index contributed by atoms with van der Waals surface area (Å²) in [4.78, 5) is 14.9. The lowest BCUT2D eigenvalue weighted by atomic mass is 9.88. The number of benzene rings is 1. The highest BCUT2D eigenvalue weighted by molar-refractivity contribution is 5.97. The van der Waals surface area contributed by atoms with Crippen molar-refractivity contribution in [1.29, 1.82) is 0 Å². The number of aryl methyl sites for hydroxylation is 1. The molecule has 5 heteroatoms. The number of rotatable bonds is 2. The molecule has 1 amide bonds. The summed E-state index contributed by atoms with van der Waals surface area (Å²) >= 11 is 0. The van der Waals surface area contributed by atoms with Crippen LogP contribution in [0.25, 0.3) is 5.69 Å². The number of carbonyl (C=O) groups excluding carboxylic acids is 1. The van der Waals surface area contributed by atoms with Crippen LogP contribution in [0.3, 0.4) is 0 Å². The molecule has 2 aliphatic heterocycles. The molecule has 3 heterocycles. The van der Waals surface area contributed by atoms with E-state index in [1.807, 2.05) is 43.0 Å². The largest absolute Gasteiger partial charge is 0.486 e. The van der Waals surface area contributed by atoms with Crippen molar-refractivity contribution in [1.82, 2.24) is 9.47 Å². The first-order chi connectivity index (χ1) is 11.9. The predicted octanol–water partition coefficient (Wildman–Crippen LogP) is 3.49. The SMILES string of the molecule is Cc1cc(C(=O)N2CCC2(C)C)c(C)n1-c1ccc2c(c1)OCCO2. The summed E-state index contributed by atoms with van der Waals surface area (Å²) in [7, 11) is 0. The summed E-state index contributed by atoms with van der Waals surface area (Å²) < 4.78 is 13.4. The molecule has 0 radical (unpaired) electrons. The van der Waals surface area contributed by atoms with Gasteiger partial charge in [0.1, 0.15) is 13.2 Å². The molecule has 4 rings (SSSR count). The van der Waals surface area contributed by atoms with E-state index in [4.69, 9.17) is 9.47 Å². The first kappa shape index (κ1) is 16.1. The number of fused-ring (bicyclic) bond motifs is 1. The summed E-state index contributed by atoms with van der Waals surface area (Å²) in [5.74, 6) is 1.65. The second-order valence-electron chi connectivity index (χ2n) is 7.47. The average molecular weight is 340 g/mol. The van der Waals surface area contributed by atoms with Gasteiger partial charge in [-0.05, 0) is 52.3 Å². The molecule has 132 valence electrons. The van der Waals surface area contributed by atoms with Crippen LogP contribution in [-0.4, -0.2) is 40.7 Å². The Hall–Kier alpha value is -2.43. The van der Waals surface area contributed by atoms with Gasteiger partial charge in [0.2, 0.25) is 0 Å². The van der Waals surface area contributed by atoms with Crippen LogP contribution in [0.5, 0.6) is 11.5 Å². The quantitative estimate of drug-likeness (QED) is 0.840. The molecule has 1 saturated heterocycles. The molecule has 0 spiro atoms. The van der Waals surface area contributed by atoms with Gasteiger partial charge in [-0.2, -0.15) is 0 Å². The lowest BCUT2D eigenvalue weighted by Gasteiger charge is -2.48. The summed E-state index contributed by atoms with van der Waals surface area (Å²) in [6, 6.07) is 7.91. The van der Waals surface area contributed by atoms with Crippen molar-refractivity contribution in [3.63, 3.8) is 0 Å². The fraction of sp³-hybridized carbons (Fsp3) is 0.450. The highest BCUT2D eigenvalue weighted by Gasteiger charge is 2.40. The van der Waals surface area contributed by atoms with Gasteiger partial charge in [-0.1, -0.05) is 0 Å². The van der Waals surface area contributed by atoms with Gasteiger partial charge < -0.3 is 18.9 Å². The zero-order valence-corrected chi connectivity index (χ0v) is 15.3. The second kappa shape index (κ2) is 5.55. The molecule has 0 bridgehead atoms. The summed E-state index contributed by atoms with van der Waals surface area (Å²) in [5.41, 5.74) is 3.72. The minimum Gasteiger partial charge on any atom is -0.486 e. The van der Waals surface area contributed by atoms with Crippen molar-refractivity contribution in [2.24, 2.45) is 0 Å². The molecular formula is C20H24N2O3. The molecular weight excluding hydrogens is 316 g/mol. The third-order valence-electron chi connectivity index (χ3n) is 5.37. The maximum Gasteiger partial charge on any atom is 0.256 e. The first-order valence-corrected chi connectivity index (χ1v) is 8.79. The highest BCUT2D eigenvalue weighted by Crippen LogP contribution is 2.35. The minimum absolute atomic E-state index is 0.0451. The van der Waals surface area contributed by atoms with Crippen LogP contribution >= 0.6 is 0 Å². The number of aromatic nitrogens is 1. The van der Waals surface area contributed by atoms with Gasteiger partial charge in [-0.3, -0.25) is 4.79 Å². The van der Waals surface area contributed by atoms with Crippen molar-refractivity contribution >= 4 is 5.91 Å². The van der Waals surface area contributed by atoms with Gasteiger partial charge in [-0.15, -0.1) is 0 Å². The Bertz CT molecular complexity index is 851. The van der Waals surface area contributed by atoms with Gasteiger partial charge in [0.25, 0.3) is 5.91 Å². The Morgan fingerprint density at radius 2 is 1.80 bits per heavy atom. The van der Waals surface area contributed by atoms with E-state index in [1.165, 1.54) is 0 Å². The van der Waals surface area contributed by atoms with E-state index in [2.05, 4.69) is 18.4 Å². The van der Waals surface area contributed by atoms with E-state index in [-0.39, 0.29) is 11.4 Å². The van der Waals surface area contributed by atoms with Gasteiger partial charge >= 0.3 is 0 Å². The van der Waals surface area contributed by atoms with Crippen LogP contribution in [0.15, 0.2) is 24.3 Å². The van der Waals surface area contributed by atoms with Crippen molar-refractivity contribution in [2.45, 2.75) is 39.7 Å². The maximum absolute atomic E-state index is 13.0. The third-order valence-corrected chi connectivity index (χ3v) is 5.37. The molecule has 0 unspecified atom stereocenters. The van der Waals surface area contributed by atoms with Crippen molar-refractivity contribution < 1.29 is 14.3 Å². The molecule has 1 aromatic heterocycles. The molecule has 1 aromatic carbocycles. The molecule has 25 heavy (non-hydrogen) atoms. The maximum atomic E-state index is 13.0. The average Bonchev–Trinajstić information content (AvgIpc) is 2.88. The van der Waals surface area contributed by atoms with Crippen molar-refractivity contribution in [3.05, 3.63) is 41.2 Å². The van der Waals surface area contributed by atoms with Crippen molar-refractivity contribution in [2.75, 3.05) is 19.8 Å². The molecule has 2 aliphatic rings. The van der Waals surface area contributed by atoms with E-state index in [1.54, 1.807) is 0 Å². The Kier molecular flexibility index (Phi) is 3.56. The number of ether oxygens (including phenoxy) is 2. The fourth-order valence-corrected chi connectivity index (χ4v) is 3.74. The molecule has 0 atom stereocenters. The zero-order valence-electron chi connectivity index (χ0n) is 15.3. The van der Waals surface area contributed by atoms with Crippen LogP contribution in [0, 0.1) is 13.8 Å². The van der Waals surface area contributed by atoms with E-state index in [0.29, 0.717) is 13.2 Å². The van der Waals surface area contributed by atoms with Gasteiger partial charge in [0.15, 0.2) is 11.5 Å². The number of likely N-dealkylation sites (tertiary alicyclic amines) is 1. The number of amides is 1. The van der Waals surface area contributed by atoms with Gasteiger partial charge in [0.05, 0.1) is 5.56 Å². The van der Waals surface area contributed by atoms with Crippen LogP contribution in [0.2, 0.25) is 0 Å². The second-order valence-corrected chi connectivity index (χ2v) is 7.47.